The number of aliphatic hydroxyl groups excluding tert-OH is 1. The molecule has 98 valence electrons. The van der Waals surface area contributed by atoms with Gasteiger partial charge in [0, 0.05) is 0 Å². The molecule has 0 aromatic heterocycles. The highest BCUT2D eigenvalue weighted by atomic mass is 16.6. The van der Waals surface area contributed by atoms with Gasteiger partial charge in [-0.05, 0) is 53.4 Å². The van der Waals surface area contributed by atoms with Crippen LogP contribution in [0.15, 0.2) is 23.3 Å². The van der Waals surface area contributed by atoms with E-state index in [1.165, 1.54) is 11.1 Å². The average molecular weight is 238 g/mol. The third-order valence-electron chi connectivity index (χ3n) is 3.44. The Hall–Kier alpha value is -0.600. The minimum atomic E-state index is 0.126. The molecule has 1 atom stereocenters. The lowest BCUT2D eigenvalue weighted by Gasteiger charge is -2.01. The molecule has 1 saturated heterocycles. The average Bonchev–Trinajstić information content (AvgIpc) is 2.84. The van der Waals surface area contributed by atoms with Crippen molar-refractivity contribution < 1.29 is 9.84 Å². The highest BCUT2D eigenvalue weighted by Crippen LogP contribution is 2.38. The molecule has 0 amide bonds. The Bertz CT molecular complexity index is 300. The van der Waals surface area contributed by atoms with E-state index in [1.807, 2.05) is 6.08 Å². The highest BCUT2D eigenvalue weighted by molar-refractivity contribution is 5.05. The van der Waals surface area contributed by atoms with E-state index in [9.17, 15) is 0 Å². The lowest BCUT2D eigenvalue weighted by molar-refractivity contribution is 0.320. The molecule has 1 rings (SSSR count). The SMILES string of the molecule is C/C(=C\CO)CC/C=C(\C)CCC1OC1(C)C. The van der Waals surface area contributed by atoms with Gasteiger partial charge in [-0.2, -0.15) is 0 Å². The maximum absolute atomic E-state index is 8.74. The van der Waals surface area contributed by atoms with Gasteiger partial charge in [0.2, 0.25) is 0 Å². The van der Waals surface area contributed by atoms with Gasteiger partial charge in [-0.15, -0.1) is 0 Å². The normalized spacial score (nSPS) is 23.9. The van der Waals surface area contributed by atoms with Crippen molar-refractivity contribution in [3.63, 3.8) is 0 Å². The molecular weight excluding hydrogens is 212 g/mol. The van der Waals surface area contributed by atoms with Crippen LogP contribution in [0, 0.1) is 0 Å². The summed E-state index contributed by atoms with van der Waals surface area (Å²) in [5.74, 6) is 0. The molecule has 0 bridgehead atoms. The molecule has 1 aliphatic rings. The lowest BCUT2D eigenvalue weighted by atomic mass is 10.0. The Kier molecular flexibility index (Phi) is 5.41. The van der Waals surface area contributed by atoms with Crippen molar-refractivity contribution in [1.29, 1.82) is 0 Å². The van der Waals surface area contributed by atoms with Gasteiger partial charge in [-0.25, -0.2) is 0 Å². The maximum Gasteiger partial charge on any atom is 0.0892 e. The maximum atomic E-state index is 8.74. The van der Waals surface area contributed by atoms with Gasteiger partial charge in [-0.3, -0.25) is 0 Å². The summed E-state index contributed by atoms with van der Waals surface area (Å²) < 4.78 is 5.57. The molecular formula is C15H26O2. The van der Waals surface area contributed by atoms with Crippen molar-refractivity contribution in [1.82, 2.24) is 0 Å². The van der Waals surface area contributed by atoms with E-state index in [1.54, 1.807) is 0 Å². The van der Waals surface area contributed by atoms with E-state index in [0.29, 0.717) is 6.10 Å². The molecule has 0 radical (unpaired) electrons. The van der Waals surface area contributed by atoms with Crippen LogP contribution in [0.5, 0.6) is 0 Å². The summed E-state index contributed by atoms with van der Waals surface area (Å²) in [4.78, 5) is 0. The molecule has 17 heavy (non-hydrogen) atoms. The third kappa shape index (κ3) is 5.51. The molecule has 2 heteroatoms. The Morgan fingerprint density at radius 2 is 1.76 bits per heavy atom. The standard InChI is InChI=1S/C15H26O2/c1-12(6-5-7-13(2)10-11-16)8-9-14-15(3,4)17-14/h6,10,14,16H,5,7-9,11H2,1-4H3/b12-6+,13-10+. The summed E-state index contributed by atoms with van der Waals surface area (Å²) in [5.41, 5.74) is 2.84. The highest BCUT2D eigenvalue weighted by Gasteiger charge is 2.46. The van der Waals surface area contributed by atoms with Crippen molar-refractivity contribution in [2.45, 2.75) is 65.1 Å². The van der Waals surface area contributed by atoms with Crippen LogP contribution in [0.25, 0.3) is 0 Å². The van der Waals surface area contributed by atoms with Crippen LogP contribution in [0.3, 0.4) is 0 Å². The molecule has 0 spiro atoms. The first-order valence-electron chi connectivity index (χ1n) is 6.55. The van der Waals surface area contributed by atoms with E-state index in [4.69, 9.17) is 9.84 Å². The topological polar surface area (TPSA) is 32.8 Å². The minimum absolute atomic E-state index is 0.126. The number of hydrogen-bond acceptors (Lipinski definition) is 2. The molecule has 1 aliphatic heterocycles. The van der Waals surface area contributed by atoms with Gasteiger partial charge < -0.3 is 9.84 Å². The Balaban J connectivity index is 2.15. The van der Waals surface area contributed by atoms with Gasteiger partial charge in [-0.1, -0.05) is 23.3 Å². The van der Waals surface area contributed by atoms with E-state index in [2.05, 4.69) is 33.8 Å². The molecule has 1 heterocycles. The second-order valence-corrected chi connectivity index (χ2v) is 5.57. The van der Waals surface area contributed by atoms with Crippen molar-refractivity contribution in [3.05, 3.63) is 23.3 Å². The van der Waals surface area contributed by atoms with Gasteiger partial charge in [0.1, 0.15) is 0 Å². The van der Waals surface area contributed by atoms with Crippen LogP contribution < -0.4 is 0 Å². The summed E-state index contributed by atoms with van der Waals surface area (Å²) in [5, 5.41) is 8.74. The molecule has 1 N–H and O–H groups in total. The van der Waals surface area contributed by atoms with Crippen molar-refractivity contribution >= 4 is 0 Å². The number of epoxide rings is 1. The number of hydrogen-bond donors (Lipinski definition) is 1. The zero-order chi connectivity index (χ0) is 12.9. The van der Waals surface area contributed by atoms with Gasteiger partial charge in [0.05, 0.1) is 18.3 Å². The van der Waals surface area contributed by atoms with Crippen LogP contribution >= 0.6 is 0 Å². The summed E-state index contributed by atoms with van der Waals surface area (Å²) in [6.45, 7) is 8.72. The Morgan fingerprint density at radius 1 is 1.18 bits per heavy atom. The molecule has 0 saturated carbocycles. The van der Waals surface area contributed by atoms with E-state index in [-0.39, 0.29) is 12.2 Å². The zero-order valence-electron chi connectivity index (χ0n) is 11.6. The summed E-state index contributed by atoms with van der Waals surface area (Å²) in [7, 11) is 0. The van der Waals surface area contributed by atoms with Crippen molar-refractivity contribution in [2.75, 3.05) is 6.61 Å². The minimum Gasteiger partial charge on any atom is -0.392 e. The van der Waals surface area contributed by atoms with Gasteiger partial charge >= 0.3 is 0 Å². The Morgan fingerprint density at radius 3 is 2.29 bits per heavy atom. The number of allylic oxidation sites excluding steroid dienone is 3. The monoisotopic (exact) mass is 238 g/mol. The van der Waals surface area contributed by atoms with Gasteiger partial charge in [0.25, 0.3) is 0 Å². The number of aliphatic hydroxyl groups is 1. The number of rotatable bonds is 7. The molecule has 0 aromatic rings. The second-order valence-electron chi connectivity index (χ2n) is 5.57. The van der Waals surface area contributed by atoms with Crippen LogP contribution in [0.4, 0.5) is 0 Å². The van der Waals surface area contributed by atoms with Crippen molar-refractivity contribution in [3.8, 4) is 0 Å². The van der Waals surface area contributed by atoms with E-state index in [0.717, 1.165) is 25.7 Å². The Labute approximate surface area is 105 Å². The van der Waals surface area contributed by atoms with Crippen LogP contribution in [0.1, 0.15) is 53.4 Å². The third-order valence-corrected chi connectivity index (χ3v) is 3.44. The number of ether oxygens (including phenoxy) is 1. The largest absolute Gasteiger partial charge is 0.392 e. The fraction of sp³-hybridized carbons (Fsp3) is 0.733. The van der Waals surface area contributed by atoms with E-state index < -0.39 is 0 Å². The molecule has 1 fully saturated rings. The summed E-state index contributed by atoms with van der Waals surface area (Å²) in [6.07, 6.45) is 9.04. The summed E-state index contributed by atoms with van der Waals surface area (Å²) in [6, 6.07) is 0. The second kappa shape index (κ2) is 6.36. The quantitative estimate of drug-likeness (QED) is 0.543. The zero-order valence-corrected chi connectivity index (χ0v) is 11.6. The smallest absolute Gasteiger partial charge is 0.0892 e. The summed E-state index contributed by atoms with van der Waals surface area (Å²) >= 11 is 0. The predicted molar refractivity (Wildman–Crippen MR) is 72.0 cm³/mol. The van der Waals surface area contributed by atoms with Crippen LogP contribution in [-0.4, -0.2) is 23.4 Å². The van der Waals surface area contributed by atoms with Gasteiger partial charge in [0.15, 0.2) is 0 Å². The first-order chi connectivity index (χ1) is 7.95. The molecule has 0 aliphatic carbocycles. The first-order valence-corrected chi connectivity index (χ1v) is 6.55. The van der Waals surface area contributed by atoms with Crippen LogP contribution in [-0.2, 0) is 4.74 Å². The fourth-order valence-corrected chi connectivity index (χ4v) is 2.00. The molecule has 0 aromatic carbocycles. The van der Waals surface area contributed by atoms with E-state index >= 15 is 0 Å². The predicted octanol–water partition coefficient (Wildman–Crippen LogP) is 3.61. The molecule has 2 nitrogen and oxygen atoms in total. The van der Waals surface area contributed by atoms with Crippen LogP contribution in [0.2, 0.25) is 0 Å². The van der Waals surface area contributed by atoms with Crippen molar-refractivity contribution in [2.24, 2.45) is 0 Å². The lowest BCUT2D eigenvalue weighted by Crippen LogP contribution is -2.02. The fourth-order valence-electron chi connectivity index (χ4n) is 2.00. The first kappa shape index (κ1) is 14.5. The molecule has 1 unspecified atom stereocenters.